The van der Waals surface area contributed by atoms with Crippen LogP contribution in [0.2, 0.25) is 5.15 Å². The summed E-state index contributed by atoms with van der Waals surface area (Å²) in [5.74, 6) is -1.78. The third kappa shape index (κ3) is 6.07. The first-order valence-electron chi connectivity index (χ1n) is 13.0. The smallest absolute Gasteiger partial charge is 0.350 e. The van der Waals surface area contributed by atoms with E-state index >= 15 is 0 Å². The highest BCUT2D eigenvalue weighted by Gasteiger charge is 2.38. The van der Waals surface area contributed by atoms with Gasteiger partial charge < -0.3 is 10.6 Å². The molecule has 0 radical (unpaired) electrons. The van der Waals surface area contributed by atoms with Crippen molar-refractivity contribution in [1.82, 2.24) is 30.6 Å². The van der Waals surface area contributed by atoms with Gasteiger partial charge in [-0.1, -0.05) is 42.8 Å². The second-order valence-corrected chi connectivity index (χ2v) is 11.1. The number of thiazole rings is 1. The Balaban J connectivity index is 1.26. The number of nitrogens with one attached hydrogen (secondary N) is 2. The van der Waals surface area contributed by atoms with Crippen LogP contribution in [0.4, 0.5) is 13.2 Å². The Labute approximate surface area is 242 Å². The molecule has 1 unspecified atom stereocenters. The minimum absolute atomic E-state index is 0.0229. The van der Waals surface area contributed by atoms with E-state index in [9.17, 15) is 27.6 Å². The molecule has 1 saturated heterocycles. The van der Waals surface area contributed by atoms with Crippen LogP contribution >= 0.6 is 22.9 Å². The Morgan fingerprint density at radius 1 is 1.20 bits per heavy atom. The number of nitrogens with zero attached hydrogens (tertiary/aromatic N) is 4. The number of hydrazine groups is 1. The number of hydrogen-bond acceptors (Lipinski definition) is 7. The Morgan fingerprint density at radius 3 is 2.68 bits per heavy atom. The van der Waals surface area contributed by atoms with Gasteiger partial charge >= 0.3 is 6.18 Å². The molecule has 2 atom stereocenters. The zero-order valence-corrected chi connectivity index (χ0v) is 23.4. The van der Waals surface area contributed by atoms with E-state index in [0.29, 0.717) is 19.5 Å². The number of halogens is 4. The molecule has 0 spiro atoms. The average molecular weight is 607 g/mol. The molecule has 2 aromatic heterocycles. The maximum absolute atomic E-state index is 13.4. The van der Waals surface area contributed by atoms with E-state index < -0.39 is 29.7 Å². The maximum atomic E-state index is 13.4. The predicted molar refractivity (Wildman–Crippen MR) is 146 cm³/mol. The number of fused-ring (bicyclic) bond motifs is 2. The molecule has 2 N–H and O–H groups in total. The van der Waals surface area contributed by atoms with Crippen LogP contribution in [0.15, 0.2) is 42.6 Å². The fraction of sp³-hybridized carbons (Fsp3) is 0.370. The van der Waals surface area contributed by atoms with Gasteiger partial charge in [0.1, 0.15) is 21.6 Å². The van der Waals surface area contributed by atoms with E-state index in [1.54, 1.807) is 11.9 Å². The third-order valence-electron chi connectivity index (χ3n) is 7.10. The number of amides is 3. The monoisotopic (exact) mass is 606 g/mol. The molecule has 0 aliphatic carbocycles. The first-order chi connectivity index (χ1) is 19.6. The minimum Gasteiger partial charge on any atom is -0.350 e. The summed E-state index contributed by atoms with van der Waals surface area (Å²) in [6.07, 6.45) is -2.31. The van der Waals surface area contributed by atoms with E-state index in [2.05, 4.69) is 20.6 Å². The molecule has 2 aliphatic rings. The largest absolute Gasteiger partial charge is 0.433 e. The lowest BCUT2D eigenvalue weighted by molar-refractivity contribution is -0.148. The minimum atomic E-state index is -4.58. The van der Waals surface area contributed by atoms with Crippen LogP contribution in [0.3, 0.4) is 0 Å². The number of aromatic nitrogens is 2. The number of rotatable bonds is 7. The van der Waals surface area contributed by atoms with E-state index in [1.807, 2.05) is 29.3 Å². The van der Waals surface area contributed by atoms with Crippen molar-refractivity contribution in [1.29, 1.82) is 0 Å². The molecule has 41 heavy (non-hydrogen) atoms. The summed E-state index contributed by atoms with van der Waals surface area (Å²) in [4.78, 5) is 47.3. The van der Waals surface area contributed by atoms with Crippen molar-refractivity contribution in [3.8, 4) is 10.6 Å². The molecule has 2 aliphatic heterocycles. The summed E-state index contributed by atoms with van der Waals surface area (Å²) in [5, 5.41) is 9.42. The topological polar surface area (TPSA) is 108 Å². The van der Waals surface area contributed by atoms with E-state index in [4.69, 9.17) is 11.6 Å². The first kappa shape index (κ1) is 29.0. The Hall–Kier alpha value is -3.55. The quantitative estimate of drug-likeness (QED) is 0.411. The Kier molecular flexibility index (Phi) is 8.30. The van der Waals surface area contributed by atoms with Crippen LogP contribution in [-0.4, -0.2) is 57.3 Å². The van der Waals surface area contributed by atoms with Crippen LogP contribution < -0.4 is 10.6 Å². The number of benzene rings is 1. The second kappa shape index (κ2) is 11.7. The molecule has 9 nitrogen and oxygen atoms in total. The van der Waals surface area contributed by atoms with Gasteiger partial charge in [0.25, 0.3) is 11.8 Å². The summed E-state index contributed by atoms with van der Waals surface area (Å²) >= 11 is 7.07. The summed E-state index contributed by atoms with van der Waals surface area (Å²) in [5.41, 5.74) is 0.953. The predicted octanol–water partition coefficient (Wildman–Crippen LogP) is 4.45. The zero-order chi connectivity index (χ0) is 29.3. The normalized spacial score (nSPS) is 17.9. The highest BCUT2D eigenvalue weighted by Crippen LogP contribution is 2.33. The van der Waals surface area contributed by atoms with Gasteiger partial charge in [0.2, 0.25) is 5.91 Å². The van der Waals surface area contributed by atoms with Gasteiger partial charge in [0.05, 0.1) is 5.92 Å². The van der Waals surface area contributed by atoms with Gasteiger partial charge in [0.15, 0.2) is 5.15 Å². The lowest BCUT2D eigenvalue weighted by Gasteiger charge is -2.28. The summed E-state index contributed by atoms with van der Waals surface area (Å²) < 4.78 is 38.5. The standard InChI is InChI=1S/C27H26ClF3N6O3S/c1-2-15(23(38)34-20-18-7-4-3-6-17(18)14-36-10-5-11-37(36)26(20)40)12-33-24(39)21-22(28)35-25(41-21)16-8-9-19(32-13-16)27(29,30)31/h3-4,6-9,13,15,20H,2,5,10-12,14H2,1H3,(H,33,39)(H,34,38)/t15?,20-/m0/s1. The van der Waals surface area contributed by atoms with Crippen molar-refractivity contribution in [3.63, 3.8) is 0 Å². The van der Waals surface area contributed by atoms with E-state index in [1.165, 1.54) is 6.07 Å². The van der Waals surface area contributed by atoms with Gasteiger partial charge in [-0.2, -0.15) is 13.2 Å². The molecule has 3 amide bonds. The van der Waals surface area contributed by atoms with Crippen molar-refractivity contribution < 1.29 is 27.6 Å². The van der Waals surface area contributed by atoms with Crippen LogP contribution in [0.25, 0.3) is 10.6 Å². The molecule has 216 valence electrons. The number of pyridine rings is 1. The van der Waals surface area contributed by atoms with Crippen LogP contribution in [0, 0.1) is 5.92 Å². The van der Waals surface area contributed by atoms with Gasteiger partial charge in [0, 0.05) is 37.9 Å². The summed E-state index contributed by atoms with van der Waals surface area (Å²) in [6.45, 7) is 3.72. The molecule has 0 bridgehead atoms. The van der Waals surface area contributed by atoms with Crippen molar-refractivity contribution in [2.45, 2.75) is 38.5 Å². The van der Waals surface area contributed by atoms with Crippen molar-refractivity contribution in [3.05, 3.63) is 69.4 Å². The SMILES string of the molecule is CCC(CNC(=O)c1sc(-c2ccc(C(F)(F)F)nc2)nc1Cl)C(=O)N[C@@H]1C(=O)N2CCCN2Cc2ccccc21. The fourth-order valence-corrected chi connectivity index (χ4v) is 6.09. The number of carbonyl (C=O) groups excluding carboxylic acids is 3. The van der Waals surface area contributed by atoms with Gasteiger partial charge in [-0.05, 0) is 36.1 Å². The highest BCUT2D eigenvalue weighted by molar-refractivity contribution is 7.17. The molecule has 1 aromatic carbocycles. The average Bonchev–Trinajstić information content (AvgIpc) is 3.55. The number of hydrogen-bond donors (Lipinski definition) is 2. The highest BCUT2D eigenvalue weighted by atomic mass is 35.5. The van der Waals surface area contributed by atoms with E-state index in [0.717, 1.165) is 47.7 Å². The van der Waals surface area contributed by atoms with Crippen LogP contribution in [0.5, 0.6) is 0 Å². The maximum Gasteiger partial charge on any atom is 0.433 e. The lowest BCUT2D eigenvalue weighted by atomic mass is 9.98. The summed E-state index contributed by atoms with van der Waals surface area (Å²) in [6, 6.07) is 8.73. The molecule has 0 saturated carbocycles. The van der Waals surface area contributed by atoms with Crippen molar-refractivity contribution >= 4 is 40.7 Å². The zero-order valence-electron chi connectivity index (χ0n) is 21.9. The molecule has 3 aromatic rings. The van der Waals surface area contributed by atoms with Crippen molar-refractivity contribution in [2.24, 2.45) is 5.92 Å². The van der Waals surface area contributed by atoms with Crippen LogP contribution in [0.1, 0.15) is 52.3 Å². The molecule has 1 fully saturated rings. The lowest BCUT2D eigenvalue weighted by Crippen LogP contribution is -2.47. The molecule has 14 heteroatoms. The molecule has 4 heterocycles. The van der Waals surface area contributed by atoms with Crippen LogP contribution in [-0.2, 0) is 22.3 Å². The second-order valence-electron chi connectivity index (χ2n) is 9.73. The molecular weight excluding hydrogens is 581 g/mol. The first-order valence-corrected chi connectivity index (χ1v) is 14.2. The molecular formula is C27H26ClF3N6O3S. The Bertz CT molecular complexity index is 1470. The molecule has 5 rings (SSSR count). The van der Waals surface area contributed by atoms with E-state index in [-0.39, 0.29) is 39.0 Å². The van der Waals surface area contributed by atoms with Gasteiger partial charge in [-0.25, -0.2) is 9.99 Å². The van der Waals surface area contributed by atoms with Crippen molar-refractivity contribution in [2.75, 3.05) is 19.6 Å². The summed E-state index contributed by atoms with van der Waals surface area (Å²) in [7, 11) is 0. The van der Waals surface area contributed by atoms with Gasteiger partial charge in [-0.15, -0.1) is 11.3 Å². The van der Waals surface area contributed by atoms with Gasteiger partial charge in [-0.3, -0.25) is 24.4 Å². The Morgan fingerprint density at radius 2 is 1.98 bits per heavy atom. The fourth-order valence-electron chi connectivity index (χ4n) is 4.89. The third-order valence-corrected chi connectivity index (χ3v) is 8.59. The number of carbonyl (C=O) groups is 3. The number of alkyl halides is 3.